The summed E-state index contributed by atoms with van der Waals surface area (Å²) in [6, 6.07) is 23.4. The standard InChI is InChI=1S/C30H29N5O6S/c1-20(36)33-24-12-14-27(15-13-24)42(40,41)35-28(29(37)38)17-21-8-10-22(11-9-21)23-5-4-7-25(18-23)34-30(39)32-19-26-6-2-3-16-31-26/h2-16,18,28,35H,17,19H2,1H3,(H,33,36)(H,37,38)(H2,32,34,39)/t28-/m0/s1. The van der Waals surface area contributed by atoms with Crippen molar-refractivity contribution in [2.75, 3.05) is 10.6 Å². The van der Waals surface area contributed by atoms with E-state index in [1.165, 1.54) is 31.2 Å². The highest BCUT2D eigenvalue weighted by Gasteiger charge is 2.26. The van der Waals surface area contributed by atoms with E-state index in [2.05, 4.69) is 25.7 Å². The lowest BCUT2D eigenvalue weighted by Gasteiger charge is -2.16. The Kier molecular flexibility index (Phi) is 9.63. The summed E-state index contributed by atoms with van der Waals surface area (Å²) in [6.07, 6.45) is 1.57. The van der Waals surface area contributed by atoms with Gasteiger partial charge in [-0.05, 0) is 71.6 Å². The molecule has 0 saturated heterocycles. The Labute approximate surface area is 243 Å². The third-order valence-corrected chi connectivity index (χ3v) is 7.57. The Hall–Kier alpha value is -5.07. The fraction of sp³-hybridized carbons (Fsp3) is 0.133. The molecule has 0 saturated carbocycles. The number of anilines is 2. The van der Waals surface area contributed by atoms with Crippen LogP contribution in [0.1, 0.15) is 18.2 Å². The maximum atomic E-state index is 12.8. The maximum absolute atomic E-state index is 12.8. The van der Waals surface area contributed by atoms with Crippen LogP contribution in [0, 0.1) is 0 Å². The largest absolute Gasteiger partial charge is 0.480 e. The zero-order valence-corrected chi connectivity index (χ0v) is 23.4. The number of hydrogen-bond donors (Lipinski definition) is 5. The van der Waals surface area contributed by atoms with Crippen molar-refractivity contribution in [1.29, 1.82) is 0 Å². The molecule has 0 bridgehead atoms. The molecule has 1 atom stereocenters. The van der Waals surface area contributed by atoms with Crippen LogP contribution in [0.2, 0.25) is 0 Å². The number of benzene rings is 3. The van der Waals surface area contributed by atoms with Crippen molar-refractivity contribution in [3.8, 4) is 11.1 Å². The first kappa shape index (κ1) is 29.9. The van der Waals surface area contributed by atoms with Gasteiger partial charge in [0.1, 0.15) is 6.04 Å². The van der Waals surface area contributed by atoms with E-state index in [1.807, 2.05) is 18.2 Å². The normalized spacial score (nSPS) is 11.7. The first-order valence-corrected chi connectivity index (χ1v) is 14.3. The van der Waals surface area contributed by atoms with Gasteiger partial charge in [0, 0.05) is 24.5 Å². The minimum atomic E-state index is -4.14. The van der Waals surface area contributed by atoms with Crippen LogP contribution < -0.4 is 20.7 Å². The molecule has 0 radical (unpaired) electrons. The highest BCUT2D eigenvalue weighted by atomic mass is 32.2. The fourth-order valence-corrected chi connectivity index (χ4v) is 5.24. The van der Waals surface area contributed by atoms with Crippen molar-refractivity contribution in [2.24, 2.45) is 0 Å². The molecule has 12 heteroatoms. The number of carboxylic acid groups (broad SMARTS) is 1. The first-order chi connectivity index (χ1) is 20.1. The lowest BCUT2D eigenvalue weighted by Crippen LogP contribution is -2.42. The van der Waals surface area contributed by atoms with E-state index in [-0.39, 0.29) is 29.8 Å². The second-order valence-corrected chi connectivity index (χ2v) is 11.0. The molecular formula is C30H29N5O6S. The SMILES string of the molecule is CC(=O)Nc1ccc(S(=O)(=O)N[C@@H](Cc2ccc(-c3cccc(NC(=O)NCc4ccccn4)c3)cc2)C(=O)O)cc1. The Morgan fingerprint density at radius 3 is 2.21 bits per heavy atom. The number of carbonyl (C=O) groups is 3. The van der Waals surface area contributed by atoms with Crippen LogP contribution in [-0.4, -0.2) is 42.5 Å². The number of sulfonamides is 1. The minimum absolute atomic E-state index is 0.0865. The van der Waals surface area contributed by atoms with Gasteiger partial charge in [-0.3, -0.25) is 14.6 Å². The summed E-state index contributed by atoms with van der Waals surface area (Å²) in [4.78, 5) is 39.4. The van der Waals surface area contributed by atoms with Gasteiger partial charge in [0.2, 0.25) is 15.9 Å². The van der Waals surface area contributed by atoms with Gasteiger partial charge < -0.3 is 21.1 Å². The lowest BCUT2D eigenvalue weighted by molar-refractivity contribution is -0.138. The van der Waals surface area contributed by atoms with Crippen molar-refractivity contribution in [3.05, 3.63) is 108 Å². The van der Waals surface area contributed by atoms with E-state index in [9.17, 15) is 27.9 Å². The van der Waals surface area contributed by atoms with Crippen LogP contribution in [0.4, 0.5) is 16.2 Å². The van der Waals surface area contributed by atoms with Crippen LogP contribution in [0.5, 0.6) is 0 Å². The Balaban J connectivity index is 1.38. The number of hydrogen-bond acceptors (Lipinski definition) is 6. The van der Waals surface area contributed by atoms with Crippen molar-refractivity contribution >= 4 is 39.3 Å². The summed E-state index contributed by atoms with van der Waals surface area (Å²) in [5.41, 5.74) is 3.99. The summed E-state index contributed by atoms with van der Waals surface area (Å²) in [5, 5.41) is 17.8. The van der Waals surface area contributed by atoms with Gasteiger partial charge in [0.25, 0.3) is 0 Å². The highest BCUT2D eigenvalue weighted by Crippen LogP contribution is 2.24. The lowest BCUT2D eigenvalue weighted by atomic mass is 10.0. The second-order valence-electron chi connectivity index (χ2n) is 9.33. The van der Waals surface area contributed by atoms with Gasteiger partial charge in [-0.1, -0.05) is 42.5 Å². The first-order valence-electron chi connectivity index (χ1n) is 12.9. The molecule has 11 nitrogen and oxygen atoms in total. The van der Waals surface area contributed by atoms with Gasteiger partial charge in [0.05, 0.1) is 17.1 Å². The number of aliphatic carboxylic acids is 1. The number of nitrogens with zero attached hydrogens (tertiary/aromatic N) is 1. The number of amides is 3. The van der Waals surface area contributed by atoms with Gasteiger partial charge in [0.15, 0.2) is 0 Å². The highest BCUT2D eigenvalue weighted by molar-refractivity contribution is 7.89. The molecule has 0 spiro atoms. The molecule has 3 amide bonds. The zero-order chi connectivity index (χ0) is 30.1. The monoisotopic (exact) mass is 587 g/mol. The van der Waals surface area contributed by atoms with Crippen molar-refractivity contribution in [1.82, 2.24) is 15.0 Å². The average Bonchev–Trinajstić information content (AvgIpc) is 2.97. The van der Waals surface area contributed by atoms with E-state index >= 15 is 0 Å². The van der Waals surface area contributed by atoms with E-state index in [0.717, 1.165) is 16.8 Å². The summed E-state index contributed by atoms with van der Waals surface area (Å²) in [6.45, 7) is 1.62. The Bertz CT molecular complexity index is 1660. The second kappa shape index (κ2) is 13.5. The molecule has 0 aliphatic rings. The number of urea groups is 1. The fourth-order valence-electron chi connectivity index (χ4n) is 4.05. The third-order valence-electron chi connectivity index (χ3n) is 6.08. The molecular weight excluding hydrogens is 558 g/mol. The van der Waals surface area contributed by atoms with Gasteiger partial charge in [-0.15, -0.1) is 0 Å². The van der Waals surface area contributed by atoms with E-state index in [1.54, 1.807) is 54.7 Å². The van der Waals surface area contributed by atoms with Crippen LogP contribution in [0.3, 0.4) is 0 Å². The van der Waals surface area contributed by atoms with E-state index < -0.39 is 22.0 Å². The predicted octanol–water partition coefficient (Wildman–Crippen LogP) is 4.00. The number of carboxylic acids is 1. The molecule has 0 fully saturated rings. The molecule has 1 heterocycles. The smallest absolute Gasteiger partial charge is 0.322 e. The molecule has 5 N–H and O–H groups in total. The summed E-state index contributed by atoms with van der Waals surface area (Å²) in [5.74, 6) is -1.62. The van der Waals surface area contributed by atoms with Crippen molar-refractivity contribution < 1.29 is 27.9 Å². The predicted molar refractivity (Wildman–Crippen MR) is 158 cm³/mol. The number of nitrogens with one attached hydrogen (secondary N) is 4. The maximum Gasteiger partial charge on any atom is 0.322 e. The summed E-state index contributed by atoms with van der Waals surface area (Å²) < 4.78 is 27.9. The molecule has 4 aromatic rings. The molecule has 42 heavy (non-hydrogen) atoms. The number of rotatable bonds is 11. The zero-order valence-electron chi connectivity index (χ0n) is 22.6. The van der Waals surface area contributed by atoms with Crippen LogP contribution >= 0.6 is 0 Å². The molecule has 216 valence electrons. The Morgan fingerprint density at radius 1 is 0.833 bits per heavy atom. The van der Waals surface area contributed by atoms with E-state index in [4.69, 9.17) is 0 Å². The quantitative estimate of drug-likeness (QED) is 0.177. The number of carbonyl (C=O) groups excluding carboxylic acids is 2. The topological polar surface area (TPSA) is 167 Å². The van der Waals surface area contributed by atoms with Crippen LogP contribution in [0.15, 0.2) is 102 Å². The van der Waals surface area contributed by atoms with Gasteiger partial charge in [-0.25, -0.2) is 13.2 Å². The summed E-state index contributed by atoms with van der Waals surface area (Å²) >= 11 is 0. The summed E-state index contributed by atoms with van der Waals surface area (Å²) in [7, 11) is -4.14. The molecule has 1 aromatic heterocycles. The molecule has 0 aliphatic carbocycles. The number of pyridine rings is 1. The molecule has 0 aliphatic heterocycles. The van der Waals surface area contributed by atoms with Crippen molar-refractivity contribution in [2.45, 2.75) is 30.8 Å². The minimum Gasteiger partial charge on any atom is -0.480 e. The molecule has 3 aromatic carbocycles. The van der Waals surface area contributed by atoms with E-state index in [0.29, 0.717) is 16.9 Å². The Morgan fingerprint density at radius 2 is 1.57 bits per heavy atom. The van der Waals surface area contributed by atoms with Gasteiger partial charge in [-0.2, -0.15) is 4.72 Å². The van der Waals surface area contributed by atoms with Crippen LogP contribution in [0.25, 0.3) is 11.1 Å². The average molecular weight is 588 g/mol. The number of aromatic nitrogens is 1. The van der Waals surface area contributed by atoms with Crippen molar-refractivity contribution in [3.63, 3.8) is 0 Å². The third kappa shape index (κ3) is 8.46. The molecule has 4 rings (SSSR count). The van der Waals surface area contributed by atoms with Gasteiger partial charge >= 0.3 is 12.0 Å². The van der Waals surface area contributed by atoms with Crippen LogP contribution in [-0.2, 0) is 32.6 Å². The molecule has 0 unspecified atom stereocenters.